The van der Waals surface area contributed by atoms with E-state index in [1.165, 1.54) is 0 Å². The van der Waals surface area contributed by atoms with Gasteiger partial charge in [-0.2, -0.15) is 0 Å². The molecule has 156 valence electrons. The number of ether oxygens (including phenoxy) is 2. The maximum absolute atomic E-state index is 12.7. The summed E-state index contributed by atoms with van der Waals surface area (Å²) < 4.78 is 10.5. The zero-order valence-electron chi connectivity index (χ0n) is 17.4. The molecule has 3 aromatic rings. The van der Waals surface area contributed by atoms with Crippen molar-refractivity contribution < 1.29 is 14.3 Å². The van der Waals surface area contributed by atoms with E-state index in [1.807, 2.05) is 24.3 Å². The number of carbonyl (C=O) groups excluding carboxylic acids is 1. The average Bonchev–Trinajstić information content (AvgIpc) is 2.79. The highest BCUT2D eigenvalue weighted by Gasteiger charge is 2.23. The first-order valence-corrected chi connectivity index (χ1v) is 10.3. The molecule has 1 aliphatic carbocycles. The quantitative estimate of drug-likeness (QED) is 0.636. The van der Waals surface area contributed by atoms with Crippen LogP contribution in [0.3, 0.4) is 0 Å². The van der Waals surface area contributed by atoms with E-state index >= 15 is 0 Å². The van der Waals surface area contributed by atoms with Crippen molar-refractivity contribution in [2.75, 3.05) is 19.5 Å². The topological polar surface area (TPSA) is 72.5 Å². The largest absolute Gasteiger partial charge is 0.497 e. The van der Waals surface area contributed by atoms with Crippen LogP contribution >= 0.6 is 0 Å². The molecular formula is C24H27N3O3. The van der Waals surface area contributed by atoms with Gasteiger partial charge in [-0.1, -0.05) is 18.2 Å². The number of pyridine rings is 1. The molecule has 0 bridgehead atoms. The third kappa shape index (κ3) is 4.64. The Morgan fingerprint density at radius 2 is 1.57 bits per heavy atom. The van der Waals surface area contributed by atoms with Gasteiger partial charge in [0.05, 0.1) is 19.7 Å². The number of para-hydroxylation sites is 1. The lowest BCUT2D eigenvalue weighted by Gasteiger charge is -2.30. The number of carbonyl (C=O) groups is 1. The molecule has 0 aliphatic heterocycles. The summed E-state index contributed by atoms with van der Waals surface area (Å²) in [5, 5.41) is 7.85. The van der Waals surface area contributed by atoms with Crippen molar-refractivity contribution >= 4 is 22.6 Å². The summed E-state index contributed by atoms with van der Waals surface area (Å²) >= 11 is 0. The molecule has 1 aliphatic rings. The molecule has 4 rings (SSSR count). The second-order valence-corrected chi connectivity index (χ2v) is 7.66. The molecule has 1 aromatic heterocycles. The van der Waals surface area contributed by atoms with E-state index in [4.69, 9.17) is 14.5 Å². The zero-order chi connectivity index (χ0) is 20.9. The summed E-state index contributed by atoms with van der Waals surface area (Å²) in [5.74, 6) is 2.02. The Kier molecular flexibility index (Phi) is 6.02. The van der Waals surface area contributed by atoms with Crippen molar-refractivity contribution in [2.45, 2.75) is 37.8 Å². The van der Waals surface area contributed by atoms with Gasteiger partial charge in [-0.15, -0.1) is 0 Å². The molecule has 0 unspecified atom stereocenters. The van der Waals surface area contributed by atoms with Crippen molar-refractivity contribution in [3.8, 4) is 11.5 Å². The van der Waals surface area contributed by atoms with Crippen molar-refractivity contribution in [2.24, 2.45) is 0 Å². The lowest BCUT2D eigenvalue weighted by molar-refractivity contribution is 0.0926. The standard InChI is InChI=1S/C24H27N3O3/c1-29-20-13-17(14-21(15-20)30-2)24(28)26-19-10-8-18(9-11-19)25-23-12-7-16-5-3-4-6-22(16)27-23/h3-7,12-15,18-19H,8-11H2,1-2H3,(H,25,27)(H,26,28). The number of rotatable bonds is 6. The SMILES string of the molecule is COc1cc(OC)cc(C(=O)NC2CCC(Nc3ccc4ccccc4n3)CC2)c1. The Hall–Kier alpha value is -3.28. The first kappa shape index (κ1) is 20.0. The number of hydrogen-bond donors (Lipinski definition) is 2. The van der Waals surface area contributed by atoms with Gasteiger partial charge in [-0.25, -0.2) is 4.98 Å². The number of methoxy groups -OCH3 is 2. The minimum absolute atomic E-state index is 0.0974. The number of fused-ring (bicyclic) bond motifs is 1. The van der Waals surface area contributed by atoms with Gasteiger partial charge in [0, 0.05) is 29.1 Å². The van der Waals surface area contributed by atoms with Crippen molar-refractivity contribution in [3.63, 3.8) is 0 Å². The molecule has 6 heteroatoms. The molecule has 0 spiro atoms. The number of aromatic nitrogens is 1. The van der Waals surface area contributed by atoms with Crippen LogP contribution in [-0.2, 0) is 0 Å². The number of nitrogens with zero attached hydrogens (tertiary/aromatic N) is 1. The van der Waals surface area contributed by atoms with Crippen LogP contribution in [-0.4, -0.2) is 37.2 Å². The fraction of sp³-hybridized carbons (Fsp3) is 0.333. The second kappa shape index (κ2) is 9.03. The van der Waals surface area contributed by atoms with E-state index in [-0.39, 0.29) is 11.9 Å². The molecule has 2 N–H and O–H groups in total. The molecule has 6 nitrogen and oxygen atoms in total. The van der Waals surface area contributed by atoms with Crippen LogP contribution in [0.1, 0.15) is 36.0 Å². The minimum Gasteiger partial charge on any atom is -0.497 e. The fourth-order valence-electron chi connectivity index (χ4n) is 3.94. The van der Waals surface area contributed by atoms with Crippen LogP contribution in [0, 0.1) is 0 Å². The predicted molar refractivity (Wildman–Crippen MR) is 118 cm³/mol. The molecule has 2 aromatic carbocycles. The van der Waals surface area contributed by atoms with Crippen LogP contribution in [0.4, 0.5) is 5.82 Å². The van der Waals surface area contributed by atoms with Crippen LogP contribution in [0.15, 0.2) is 54.6 Å². The van der Waals surface area contributed by atoms with Crippen molar-refractivity contribution in [3.05, 3.63) is 60.2 Å². The van der Waals surface area contributed by atoms with Gasteiger partial charge < -0.3 is 20.1 Å². The summed E-state index contributed by atoms with van der Waals surface area (Å²) in [5.41, 5.74) is 1.55. The first-order valence-electron chi connectivity index (χ1n) is 10.3. The Balaban J connectivity index is 1.32. The molecular weight excluding hydrogens is 378 g/mol. The smallest absolute Gasteiger partial charge is 0.251 e. The van der Waals surface area contributed by atoms with E-state index in [1.54, 1.807) is 32.4 Å². The third-order valence-corrected chi connectivity index (χ3v) is 5.63. The highest BCUT2D eigenvalue weighted by atomic mass is 16.5. The molecule has 1 fully saturated rings. The molecule has 1 saturated carbocycles. The minimum atomic E-state index is -0.0974. The fourth-order valence-corrected chi connectivity index (χ4v) is 3.94. The van der Waals surface area contributed by atoms with E-state index in [0.29, 0.717) is 23.1 Å². The maximum atomic E-state index is 12.7. The van der Waals surface area contributed by atoms with E-state index < -0.39 is 0 Å². The van der Waals surface area contributed by atoms with Crippen LogP contribution < -0.4 is 20.1 Å². The van der Waals surface area contributed by atoms with E-state index in [0.717, 1.165) is 42.4 Å². The van der Waals surface area contributed by atoms with Crippen LogP contribution in [0.25, 0.3) is 10.9 Å². The maximum Gasteiger partial charge on any atom is 0.251 e. The highest BCUT2D eigenvalue weighted by molar-refractivity contribution is 5.95. The molecule has 0 radical (unpaired) electrons. The van der Waals surface area contributed by atoms with Crippen LogP contribution in [0.5, 0.6) is 11.5 Å². The lowest BCUT2D eigenvalue weighted by atomic mass is 9.91. The summed E-state index contributed by atoms with van der Waals surface area (Å²) in [6.45, 7) is 0. The summed E-state index contributed by atoms with van der Waals surface area (Å²) in [4.78, 5) is 17.4. The second-order valence-electron chi connectivity index (χ2n) is 7.66. The molecule has 30 heavy (non-hydrogen) atoms. The van der Waals surface area contributed by atoms with Gasteiger partial charge in [-0.3, -0.25) is 4.79 Å². The van der Waals surface area contributed by atoms with Gasteiger partial charge in [0.15, 0.2) is 0 Å². The predicted octanol–water partition coefficient (Wildman–Crippen LogP) is 4.41. The number of benzene rings is 2. The number of nitrogens with one attached hydrogen (secondary N) is 2. The summed E-state index contributed by atoms with van der Waals surface area (Å²) in [6.07, 6.45) is 3.83. The average molecular weight is 405 g/mol. The number of anilines is 1. The van der Waals surface area contributed by atoms with E-state index in [9.17, 15) is 4.79 Å². The van der Waals surface area contributed by atoms with Crippen molar-refractivity contribution in [1.29, 1.82) is 0 Å². The Morgan fingerprint density at radius 1 is 0.900 bits per heavy atom. The molecule has 0 saturated heterocycles. The third-order valence-electron chi connectivity index (χ3n) is 5.63. The summed E-state index contributed by atoms with van der Waals surface area (Å²) in [7, 11) is 3.16. The molecule has 0 atom stereocenters. The van der Waals surface area contributed by atoms with Gasteiger partial charge in [0.25, 0.3) is 5.91 Å². The Bertz CT molecular complexity index is 1010. The monoisotopic (exact) mass is 405 g/mol. The molecule has 1 amide bonds. The van der Waals surface area contributed by atoms with Crippen LogP contribution in [0.2, 0.25) is 0 Å². The van der Waals surface area contributed by atoms with Gasteiger partial charge in [-0.05, 0) is 56.0 Å². The van der Waals surface area contributed by atoms with Gasteiger partial charge >= 0.3 is 0 Å². The zero-order valence-corrected chi connectivity index (χ0v) is 17.4. The Morgan fingerprint density at radius 3 is 2.27 bits per heavy atom. The highest BCUT2D eigenvalue weighted by Crippen LogP contribution is 2.25. The van der Waals surface area contributed by atoms with Crippen molar-refractivity contribution in [1.82, 2.24) is 10.3 Å². The normalized spacial score (nSPS) is 18.6. The molecule has 1 heterocycles. The van der Waals surface area contributed by atoms with Gasteiger partial charge in [0.1, 0.15) is 17.3 Å². The van der Waals surface area contributed by atoms with E-state index in [2.05, 4.69) is 22.8 Å². The Labute approximate surface area is 176 Å². The first-order chi connectivity index (χ1) is 14.6. The lowest BCUT2D eigenvalue weighted by Crippen LogP contribution is -2.40. The summed E-state index contributed by atoms with van der Waals surface area (Å²) in [6, 6.07) is 18.0. The number of hydrogen-bond acceptors (Lipinski definition) is 5. The van der Waals surface area contributed by atoms with Gasteiger partial charge in [0.2, 0.25) is 0 Å². The number of amides is 1.